The molecule has 0 amide bonds. The molecule has 0 atom stereocenters. The number of carbonyl (C=O) groups excluding carboxylic acids is 1. The van der Waals surface area contributed by atoms with Crippen molar-refractivity contribution in [1.29, 1.82) is 0 Å². The molecule has 0 aliphatic rings. The summed E-state index contributed by atoms with van der Waals surface area (Å²) in [4.78, 5) is 15.4. The first kappa shape index (κ1) is 12.3. The zero-order valence-electron chi connectivity index (χ0n) is 9.51. The molecule has 4 heteroatoms. The summed E-state index contributed by atoms with van der Waals surface area (Å²) in [6.45, 7) is 0. The molecule has 2 N–H and O–H groups in total. The lowest BCUT2D eigenvalue weighted by molar-refractivity contribution is -0.102. The van der Waals surface area contributed by atoms with Crippen molar-refractivity contribution in [2.75, 3.05) is 5.73 Å². The van der Waals surface area contributed by atoms with Crippen LogP contribution in [0.4, 0.5) is 11.4 Å². The van der Waals surface area contributed by atoms with Gasteiger partial charge in [-0.15, -0.1) is 0 Å². The van der Waals surface area contributed by atoms with Crippen LogP contribution < -0.4 is 5.73 Å². The number of nitrogens with two attached hydrogens (primary N) is 1. The number of benzene rings is 2. The lowest BCUT2D eigenvalue weighted by atomic mass is 10.1. The van der Waals surface area contributed by atoms with Gasteiger partial charge in [0.05, 0.1) is 5.69 Å². The van der Waals surface area contributed by atoms with Gasteiger partial charge in [-0.2, -0.15) is 0 Å². The maximum atomic E-state index is 11.1. The standard InChI is InChI=1S/C14H11ClN2O/c15-10-4-3-5-11(8-10)17-14(9-18)12-6-1-2-7-13(12)16/h1-9H,16H2/b17-14+. The molecule has 0 saturated heterocycles. The van der Waals surface area contributed by atoms with E-state index in [0.717, 1.165) is 0 Å². The van der Waals surface area contributed by atoms with Crippen LogP contribution in [0.1, 0.15) is 5.56 Å². The fourth-order valence-electron chi connectivity index (χ4n) is 1.57. The molecule has 0 aliphatic carbocycles. The minimum Gasteiger partial charge on any atom is -0.398 e. The SMILES string of the molecule is Nc1ccccc1/C(C=O)=N/c1cccc(Cl)c1. The number of rotatable bonds is 3. The molecule has 3 nitrogen and oxygen atoms in total. The molecule has 18 heavy (non-hydrogen) atoms. The van der Waals surface area contributed by atoms with Crippen molar-refractivity contribution >= 4 is 35.0 Å². The van der Waals surface area contributed by atoms with Gasteiger partial charge in [-0.1, -0.05) is 35.9 Å². The lowest BCUT2D eigenvalue weighted by Crippen LogP contribution is -2.05. The van der Waals surface area contributed by atoms with E-state index in [4.69, 9.17) is 17.3 Å². The maximum Gasteiger partial charge on any atom is 0.169 e. The van der Waals surface area contributed by atoms with Crippen molar-refractivity contribution < 1.29 is 4.79 Å². The Morgan fingerprint density at radius 1 is 1.17 bits per heavy atom. The van der Waals surface area contributed by atoms with E-state index >= 15 is 0 Å². The van der Waals surface area contributed by atoms with Crippen LogP contribution in [-0.4, -0.2) is 12.0 Å². The Hall–Kier alpha value is -2.13. The predicted octanol–water partition coefficient (Wildman–Crippen LogP) is 3.24. The number of hydrogen-bond donors (Lipinski definition) is 1. The van der Waals surface area contributed by atoms with Crippen molar-refractivity contribution in [1.82, 2.24) is 0 Å². The van der Waals surface area contributed by atoms with Crippen LogP contribution >= 0.6 is 11.6 Å². The molecule has 0 saturated carbocycles. The number of nitrogens with zero attached hydrogens (tertiary/aromatic N) is 1. The van der Waals surface area contributed by atoms with E-state index in [1.165, 1.54) is 0 Å². The first-order valence-corrected chi connectivity index (χ1v) is 5.73. The summed E-state index contributed by atoms with van der Waals surface area (Å²) in [6, 6.07) is 14.1. The van der Waals surface area contributed by atoms with Crippen LogP contribution in [0.3, 0.4) is 0 Å². The Labute approximate surface area is 110 Å². The smallest absolute Gasteiger partial charge is 0.169 e. The molecule has 0 fully saturated rings. The quantitative estimate of drug-likeness (QED) is 0.522. The number of aldehydes is 1. The first-order valence-electron chi connectivity index (χ1n) is 5.35. The van der Waals surface area contributed by atoms with Crippen molar-refractivity contribution in [3.63, 3.8) is 0 Å². The lowest BCUT2D eigenvalue weighted by Gasteiger charge is -2.04. The molecule has 2 rings (SSSR count). The van der Waals surface area contributed by atoms with E-state index in [0.29, 0.717) is 28.2 Å². The monoisotopic (exact) mass is 258 g/mol. The van der Waals surface area contributed by atoms with Gasteiger partial charge in [0.25, 0.3) is 0 Å². The molecule has 0 radical (unpaired) electrons. The van der Waals surface area contributed by atoms with E-state index in [1.54, 1.807) is 42.5 Å². The molecule has 0 aromatic heterocycles. The molecule has 0 bridgehead atoms. The van der Waals surface area contributed by atoms with Crippen molar-refractivity contribution in [3.8, 4) is 0 Å². The second kappa shape index (κ2) is 5.47. The highest BCUT2D eigenvalue weighted by molar-refractivity contribution is 6.38. The maximum absolute atomic E-state index is 11.1. The van der Waals surface area contributed by atoms with E-state index in [-0.39, 0.29) is 5.71 Å². The second-order valence-electron chi connectivity index (χ2n) is 3.68. The zero-order chi connectivity index (χ0) is 13.0. The Bertz CT molecular complexity index is 608. The topological polar surface area (TPSA) is 55.5 Å². The van der Waals surface area contributed by atoms with Gasteiger partial charge in [0.15, 0.2) is 6.29 Å². The van der Waals surface area contributed by atoms with Crippen molar-refractivity contribution in [3.05, 3.63) is 59.1 Å². The summed E-state index contributed by atoms with van der Waals surface area (Å²) in [5, 5.41) is 0.572. The Balaban J connectivity index is 2.46. The Morgan fingerprint density at radius 3 is 2.61 bits per heavy atom. The van der Waals surface area contributed by atoms with Gasteiger partial charge in [-0.05, 0) is 24.3 Å². The molecule has 0 heterocycles. The minimum atomic E-state index is 0.287. The van der Waals surface area contributed by atoms with Crippen LogP contribution in [0, 0.1) is 0 Å². The summed E-state index contributed by atoms with van der Waals surface area (Å²) >= 11 is 5.87. The van der Waals surface area contributed by atoms with Crippen LogP contribution in [-0.2, 0) is 4.79 Å². The van der Waals surface area contributed by atoms with Gasteiger partial charge in [-0.3, -0.25) is 4.79 Å². The number of hydrogen-bond acceptors (Lipinski definition) is 3. The van der Waals surface area contributed by atoms with Crippen molar-refractivity contribution in [2.45, 2.75) is 0 Å². The average molecular weight is 259 g/mol. The van der Waals surface area contributed by atoms with Gasteiger partial charge in [0, 0.05) is 16.3 Å². The normalized spacial score (nSPS) is 11.3. The summed E-state index contributed by atoms with van der Waals surface area (Å²) in [5.74, 6) is 0. The highest BCUT2D eigenvalue weighted by Crippen LogP contribution is 2.20. The van der Waals surface area contributed by atoms with E-state index < -0.39 is 0 Å². The zero-order valence-corrected chi connectivity index (χ0v) is 10.3. The molecular weight excluding hydrogens is 248 g/mol. The highest BCUT2D eigenvalue weighted by atomic mass is 35.5. The number of para-hydroxylation sites is 1. The third-order valence-electron chi connectivity index (χ3n) is 2.41. The summed E-state index contributed by atoms with van der Waals surface area (Å²) in [6.07, 6.45) is 0.687. The molecule has 90 valence electrons. The van der Waals surface area contributed by atoms with E-state index in [2.05, 4.69) is 4.99 Å². The van der Waals surface area contributed by atoms with Crippen molar-refractivity contribution in [2.24, 2.45) is 4.99 Å². The molecule has 0 spiro atoms. The van der Waals surface area contributed by atoms with Gasteiger partial charge in [0.2, 0.25) is 0 Å². The summed E-state index contributed by atoms with van der Waals surface area (Å²) < 4.78 is 0. The number of halogens is 1. The van der Waals surface area contributed by atoms with Crippen LogP contribution in [0.25, 0.3) is 0 Å². The first-order chi connectivity index (χ1) is 8.70. The van der Waals surface area contributed by atoms with Gasteiger partial charge >= 0.3 is 0 Å². The van der Waals surface area contributed by atoms with Crippen LogP contribution in [0.2, 0.25) is 5.02 Å². The number of carbonyl (C=O) groups is 1. The average Bonchev–Trinajstić information content (AvgIpc) is 2.37. The molecule has 0 aliphatic heterocycles. The molecule has 0 unspecified atom stereocenters. The summed E-state index contributed by atoms with van der Waals surface area (Å²) in [5.41, 5.74) is 7.86. The largest absolute Gasteiger partial charge is 0.398 e. The van der Waals surface area contributed by atoms with Gasteiger partial charge in [-0.25, -0.2) is 4.99 Å². The Kier molecular flexibility index (Phi) is 3.75. The Morgan fingerprint density at radius 2 is 1.94 bits per heavy atom. The van der Waals surface area contributed by atoms with E-state index in [9.17, 15) is 4.79 Å². The number of aliphatic imine (C=N–C) groups is 1. The molecule has 2 aromatic carbocycles. The van der Waals surface area contributed by atoms with Gasteiger partial charge in [0.1, 0.15) is 5.71 Å². The third-order valence-corrected chi connectivity index (χ3v) is 2.64. The minimum absolute atomic E-state index is 0.287. The van der Waals surface area contributed by atoms with Crippen LogP contribution in [0.15, 0.2) is 53.5 Å². The molecular formula is C14H11ClN2O. The fourth-order valence-corrected chi connectivity index (χ4v) is 1.75. The number of nitrogen functional groups attached to an aromatic ring is 1. The number of anilines is 1. The predicted molar refractivity (Wildman–Crippen MR) is 74.6 cm³/mol. The third kappa shape index (κ3) is 2.76. The fraction of sp³-hybridized carbons (Fsp3) is 0. The highest BCUT2D eigenvalue weighted by Gasteiger charge is 2.06. The summed E-state index contributed by atoms with van der Waals surface area (Å²) in [7, 11) is 0. The van der Waals surface area contributed by atoms with Gasteiger partial charge < -0.3 is 5.73 Å². The molecule has 2 aromatic rings. The second-order valence-corrected chi connectivity index (χ2v) is 4.12. The van der Waals surface area contributed by atoms with E-state index in [1.807, 2.05) is 6.07 Å². The van der Waals surface area contributed by atoms with Crippen LogP contribution in [0.5, 0.6) is 0 Å².